The van der Waals surface area contributed by atoms with Gasteiger partial charge >= 0.3 is 0 Å². The van der Waals surface area contributed by atoms with Crippen molar-refractivity contribution in [2.75, 3.05) is 18.1 Å². The average molecular weight is 446 g/mol. The van der Waals surface area contributed by atoms with Crippen LogP contribution in [0.1, 0.15) is 24.6 Å². The van der Waals surface area contributed by atoms with Crippen molar-refractivity contribution < 1.29 is 9.53 Å². The number of para-hydroxylation sites is 4. The molecule has 2 heterocycles. The van der Waals surface area contributed by atoms with E-state index in [1.54, 1.807) is 4.90 Å². The normalized spacial score (nSPS) is 16.1. The first-order chi connectivity index (χ1) is 15.7. The summed E-state index contributed by atoms with van der Waals surface area (Å²) < 4.78 is 8.12. The zero-order valence-electron chi connectivity index (χ0n) is 17.7. The number of hydrogen-bond donors (Lipinski definition) is 0. The minimum atomic E-state index is 0.0150. The van der Waals surface area contributed by atoms with Crippen LogP contribution in [0, 0.1) is 0 Å². The van der Waals surface area contributed by atoms with Gasteiger partial charge in [-0.1, -0.05) is 54.1 Å². The third-order valence-corrected chi connectivity index (χ3v) is 6.18. The minimum Gasteiger partial charge on any atom is -0.494 e. The van der Waals surface area contributed by atoms with Gasteiger partial charge in [-0.3, -0.25) is 4.79 Å². The molecule has 1 aromatic heterocycles. The zero-order valence-corrected chi connectivity index (χ0v) is 18.4. The molecule has 6 heteroatoms. The van der Waals surface area contributed by atoms with Gasteiger partial charge in [0.05, 0.1) is 28.4 Å². The summed E-state index contributed by atoms with van der Waals surface area (Å²) >= 11 is 6.37. The van der Waals surface area contributed by atoms with Crippen LogP contribution in [0.2, 0.25) is 5.02 Å². The maximum absolute atomic E-state index is 12.9. The summed E-state index contributed by atoms with van der Waals surface area (Å²) in [6, 6.07) is 25.5. The maximum Gasteiger partial charge on any atom is 0.227 e. The molecule has 32 heavy (non-hydrogen) atoms. The van der Waals surface area contributed by atoms with Crippen LogP contribution in [0.3, 0.4) is 0 Å². The number of halogens is 1. The highest BCUT2D eigenvalue weighted by Gasteiger charge is 2.35. The molecule has 0 spiro atoms. The molecule has 1 fully saturated rings. The molecule has 5 nitrogen and oxygen atoms in total. The largest absolute Gasteiger partial charge is 0.494 e. The number of hydrogen-bond acceptors (Lipinski definition) is 3. The van der Waals surface area contributed by atoms with Crippen molar-refractivity contribution >= 4 is 34.2 Å². The third kappa shape index (κ3) is 4.08. The van der Waals surface area contributed by atoms with Crippen LogP contribution < -0.4 is 9.64 Å². The van der Waals surface area contributed by atoms with E-state index >= 15 is 0 Å². The summed E-state index contributed by atoms with van der Waals surface area (Å²) in [5, 5.41) is 0.591. The van der Waals surface area contributed by atoms with Gasteiger partial charge in [0.25, 0.3) is 0 Å². The Morgan fingerprint density at radius 3 is 2.56 bits per heavy atom. The van der Waals surface area contributed by atoms with E-state index in [4.69, 9.17) is 21.3 Å². The second kappa shape index (κ2) is 9.05. The predicted octanol–water partition coefficient (Wildman–Crippen LogP) is 5.68. The van der Waals surface area contributed by atoms with Gasteiger partial charge in [-0.2, -0.15) is 0 Å². The highest BCUT2D eigenvalue weighted by molar-refractivity contribution is 6.33. The third-order valence-electron chi connectivity index (χ3n) is 5.86. The number of carbonyl (C=O) groups excluding carboxylic acids is 1. The first-order valence-electron chi connectivity index (χ1n) is 10.9. The Kier molecular flexibility index (Phi) is 5.82. The summed E-state index contributed by atoms with van der Waals surface area (Å²) in [5.74, 6) is 1.92. The quantitative estimate of drug-likeness (QED) is 0.344. The second-order valence-electron chi connectivity index (χ2n) is 7.98. The van der Waals surface area contributed by atoms with Crippen molar-refractivity contribution in [3.8, 4) is 5.75 Å². The lowest BCUT2D eigenvalue weighted by Gasteiger charge is -2.18. The van der Waals surface area contributed by atoms with Crippen LogP contribution in [-0.4, -0.2) is 28.6 Å². The number of benzene rings is 3. The lowest BCUT2D eigenvalue weighted by molar-refractivity contribution is -0.117. The number of aryl methyl sites for hydroxylation is 1. The summed E-state index contributed by atoms with van der Waals surface area (Å²) in [4.78, 5) is 19.6. The molecule has 0 radical (unpaired) electrons. The first-order valence-corrected chi connectivity index (χ1v) is 11.3. The summed E-state index contributed by atoms with van der Waals surface area (Å²) in [6.07, 6.45) is 1.27. The fraction of sp³-hybridized carbons (Fsp3) is 0.231. The van der Waals surface area contributed by atoms with Crippen LogP contribution >= 0.6 is 11.6 Å². The molecule has 0 N–H and O–H groups in total. The number of carbonyl (C=O) groups is 1. The molecule has 1 unspecified atom stereocenters. The molecule has 5 rings (SSSR count). The van der Waals surface area contributed by atoms with Gasteiger partial charge in [0, 0.05) is 25.4 Å². The molecule has 1 aliphatic rings. The SMILES string of the molecule is O=C1CC(c2nc3ccccc3n2CCCOc2ccccc2)CN1c1ccccc1Cl. The van der Waals surface area contributed by atoms with Gasteiger partial charge in [0.2, 0.25) is 5.91 Å². The average Bonchev–Trinajstić information content (AvgIpc) is 3.38. The molecule has 0 bridgehead atoms. The number of rotatable bonds is 7. The van der Waals surface area contributed by atoms with Gasteiger partial charge in [-0.25, -0.2) is 4.98 Å². The van der Waals surface area contributed by atoms with Crippen molar-refractivity contribution in [1.29, 1.82) is 0 Å². The van der Waals surface area contributed by atoms with E-state index in [0.717, 1.165) is 41.3 Å². The van der Waals surface area contributed by atoms with Gasteiger partial charge < -0.3 is 14.2 Å². The van der Waals surface area contributed by atoms with Crippen LogP contribution in [0.25, 0.3) is 11.0 Å². The highest BCUT2D eigenvalue weighted by Crippen LogP contribution is 2.36. The molecule has 0 saturated carbocycles. The van der Waals surface area contributed by atoms with Crippen molar-refractivity contribution in [3.05, 3.63) is 89.7 Å². The van der Waals surface area contributed by atoms with E-state index in [0.29, 0.717) is 24.6 Å². The Morgan fingerprint density at radius 2 is 1.72 bits per heavy atom. The number of aromatic nitrogens is 2. The Balaban J connectivity index is 1.37. The lowest BCUT2D eigenvalue weighted by atomic mass is 10.1. The van der Waals surface area contributed by atoms with E-state index < -0.39 is 0 Å². The standard InChI is InChI=1S/C26H24ClN3O2/c27-21-11-4-6-13-23(21)30-18-19(17-25(30)31)26-28-22-12-5-7-14-24(22)29(26)15-8-16-32-20-9-2-1-3-10-20/h1-7,9-14,19H,8,15-18H2. The summed E-state index contributed by atoms with van der Waals surface area (Å²) in [5.41, 5.74) is 2.81. The van der Waals surface area contributed by atoms with Gasteiger partial charge in [-0.15, -0.1) is 0 Å². The summed E-state index contributed by atoms with van der Waals surface area (Å²) in [6.45, 7) is 1.97. The number of nitrogens with zero attached hydrogens (tertiary/aromatic N) is 3. The predicted molar refractivity (Wildman–Crippen MR) is 127 cm³/mol. The minimum absolute atomic E-state index is 0.0150. The fourth-order valence-corrected chi connectivity index (χ4v) is 4.59. The molecular formula is C26H24ClN3O2. The van der Waals surface area contributed by atoms with Gasteiger partial charge in [0.15, 0.2) is 0 Å². The maximum atomic E-state index is 12.9. The van der Waals surface area contributed by atoms with E-state index in [1.807, 2.05) is 72.8 Å². The molecule has 3 aromatic carbocycles. The van der Waals surface area contributed by atoms with E-state index in [2.05, 4.69) is 10.6 Å². The molecule has 1 atom stereocenters. The Bertz CT molecular complexity index is 1240. The van der Waals surface area contributed by atoms with E-state index in [-0.39, 0.29) is 11.8 Å². The molecule has 162 valence electrons. The second-order valence-corrected chi connectivity index (χ2v) is 8.39. The molecule has 1 saturated heterocycles. The zero-order chi connectivity index (χ0) is 21.9. The van der Waals surface area contributed by atoms with Gasteiger partial charge in [0.1, 0.15) is 11.6 Å². The van der Waals surface area contributed by atoms with Crippen molar-refractivity contribution in [2.45, 2.75) is 25.3 Å². The highest BCUT2D eigenvalue weighted by atomic mass is 35.5. The summed E-state index contributed by atoms with van der Waals surface area (Å²) in [7, 11) is 0. The number of imidazole rings is 1. The molecule has 1 amide bonds. The molecular weight excluding hydrogens is 422 g/mol. The van der Waals surface area contributed by atoms with E-state index in [9.17, 15) is 4.79 Å². The lowest BCUT2D eigenvalue weighted by Crippen LogP contribution is -2.24. The number of fused-ring (bicyclic) bond motifs is 1. The molecule has 1 aliphatic heterocycles. The number of ether oxygens (including phenoxy) is 1. The number of anilines is 1. The Morgan fingerprint density at radius 1 is 0.969 bits per heavy atom. The molecule has 4 aromatic rings. The van der Waals surface area contributed by atoms with Crippen LogP contribution in [0.15, 0.2) is 78.9 Å². The van der Waals surface area contributed by atoms with Crippen molar-refractivity contribution in [3.63, 3.8) is 0 Å². The van der Waals surface area contributed by atoms with Gasteiger partial charge in [-0.05, 0) is 42.8 Å². The Hall–Kier alpha value is -3.31. The monoisotopic (exact) mass is 445 g/mol. The van der Waals surface area contributed by atoms with Crippen LogP contribution in [-0.2, 0) is 11.3 Å². The van der Waals surface area contributed by atoms with Crippen molar-refractivity contribution in [2.24, 2.45) is 0 Å². The topological polar surface area (TPSA) is 47.4 Å². The van der Waals surface area contributed by atoms with Crippen molar-refractivity contribution in [1.82, 2.24) is 9.55 Å². The number of amides is 1. The van der Waals surface area contributed by atoms with E-state index in [1.165, 1.54) is 0 Å². The Labute approximate surface area is 192 Å². The smallest absolute Gasteiger partial charge is 0.227 e. The van der Waals surface area contributed by atoms with Crippen LogP contribution in [0.5, 0.6) is 5.75 Å². The molecule has 0 aliphatic carbocycles. The first kappa shape index (κ1) is 20.6. The fourth-order valence-electron chi connectivity index (χ4n) is 4.35. The van der Waals surface area contributed by atoms with Crippen LogP contribution in [0.4, 0.5) is 5.69 Å².